The quantitative estimate of drug-likeness (QED) is 0.365. The number of fused-ring (bicyclic) bond motifs is 1. The Kier molecular flexibility index (Phi) is 7.58. The number of ketones is 2. The molecule has 11 nitrogen and oxygen atoms in total. The highest BCUT2D eigenvalue weighted by Gasteiger charge is 2.61. The van der Waals surface area contributed by atoms with E-state index in [-0.39, 0.29) is 57.9 Å². The van der Waals surface area contributed by atoms with E-state index in [2.05, 4.69) is 15.2 Å². The number of nitrogens with one attached hydrogen (secondary N) is 1. The maximum absolute atomic E-state index is 14.0. The van der Waals surface area contributed by atoms with Crippen molar-refractivity contribution in [3.8, 4) is 17.2 Å². The number of carbonyl (C=O) groups excluding carboxylic acids is 2. The third-order valence-electron chi connectivity index (χ3n) is 7.35. The molecule has 0 radical (unpaired) electrons. The molecule has 1 spiro atoms. The van der Waals surface area contributed by atoms with E-state index in [1.165, 1.54) is 20.3 Å². The van der Waals surface area contributed by atoms with Crippen molar-refractivity contribution >= 4 is 28.9 Å². The molecule has 0 amide bonds. The second-order valence-electron chi connectivity index (χ2n) is 9.82. The molecule has 2 heterocycles. The Balaban J connectivity index is 1.65. The predicted molar refractivity (Wildman–Crippen MR) is 149 cm³/mol. The van der Waals surface area contributed by atoms with Crippen molar-refractivity contribution in [1.82, 2.24) is 15.2 Å². The van der Waals surface area contributed by atoms with Crippen LogP contribution < -0.4 is 14.2 Å². The van der Waals surface area contributed by atoms with Gasteiger partial charge in [-0.25, -0.2) is 4.98 Å². The molecule has 41 heavy (non-hydrogen) atoms. The van der Waals surface area contributed by atoms with Crippen LogP contribution in [-0.2, 0) is 16.1 Å². The molecule has 3 atom stereocenters. The molecule has 214 valence electrons. The molecule has 2 aliphatic rings. The zero-order valence-electron chi connectivity index (χ0n) is 23.1. The largest absolute Gasteiger partial charge is 0.507 e. The highest BCUT2D eigenvalue weighted by molar-refractivity contribution is 6.35. The first kappa shape index (κ1) is 28.3. The molecule has 2 aromatic carbocycles. The first-order valence-corrected chi connectivity index (χ1v) is 13.2. The van der Waals surface area contributed by atoms with Gasteiger partial charge in [0.15, 0.2) is 28.9 Å². The topological polar surface area (TPSA) is 145 Å². The number of aliphatic hydroxyl groups excluding tert-OH is 1. The molecule has 1 unspecified atom stereocenters. The summed E-state index contributed by atoms with van der Waals surface area (Å²) < 4.78 is 22.1. The van der Waals surface area contributed by atoms with E-state index in [4.69, 9.17) is 35.5 Å². The third-order valence-corrected chi connectivity index (χ3v) is 7.70. The van der Waals surface area contributed by atoms with Crippen molar-refractivity contribution in [2.24, 2.45) is 10.9 Å². The standard InChI is InChI=1S/C29H29ClN4O7/c1-14-11-17(35)21(15(2)31-24(16-9-7-6-8-10-16)28-32-20(13-38-3)33-34-28)26(36)29(14)27(37)22-18(39-4)12-19(40-5)23(30)25(22)41-29/h6-10,12,14,24,36H,11,13H2,1-5H3,(H,32,33,34)/t14-,24?,29+/m1/s1. The van der Waals surface area contributed by atoms with Gasteiger partial charge >= 0.3 is 0 Å². The Morgan fingerprint density at radius 2 is 1.93 bits per heavy atom. The van der Waals surface area contributed by atoms with Crippen molar-refractivity contribution in [3.63, 3.8) is 0 Å². The summed E-state index contributed by atoms with van der Waals surface area (Å²) in [6.45, 7) is 3.48. The van der Waals surface area contributed by atoms with Crippen LogP contribution in [-0.4, -0.2) is 64.5 Å². The number of hydrogen-bond donors (Lipinski definition) is 2. The predicted octanol–water partition coefficient (Wildman–Crippen LogP) is 4.61. The zero-order valence-corrected chi connectivity index (χ0v) is 23.9. The van der Waals surface area contributed by atoms with Crippen LogP contribution in [0.15, 0.2) is 52.7 Å². The fourth-order valence-corrected chi connectivity index (χ4v) is 5.60. The van der Waals surface area contributed by atoms with Gasteiger partial charge in [-0.05, 0) is 12.5 Å². The number of Topliss-reactive ketones (excluding diaryl/α,β-unsaturated/α-hetero) is 2. The Morgan fingerprint density at radius 3 is 2.59 bits per heavy atom. The highest BCUT2D eigenvalue weighted by Crippen LogP contribution is 2.54. The molecule has 1 aromatic heterocycles. The Bertz CT molecular complexity index is 1580. The van der Waals surface area contributed by atoms with Gasteiger partial charge in [-0.2, -0.15) is 5.10 Å². The van der Waals surface area contributed by atoms with Crippen LogP contribution in [0.5, 0.6) is 17.2 Å². The van der Waals surface area contributed by atoms with Gasteiger partial charge in [-0.3, -0.25) is 19.7 Å². The van der Waals surface area contributed by atoms with Crippen LogP contribution >= 0.6 is 11.6 Å². The fourth-order valence-electron chi connectivity index (χ4n) is 5.34. The normalized spacial score (nSPS) is 21.2. The van der Waals surface area contributed by atoms with Gasteiger partial charge in [0.05, 0.1) is 19.8 Å². The van der Waals surface area contributed by atoms with Crippen LogP contribution in [0.2, 0.25) is 5.02 Å². The van der Waals surface area contributed by atoms with Crippen molar-refractivity contribution in [3.05, 3.63) is 75.5 Å². The molecule has 2 N–H and O–H groups in total. The molecular weight excluding hydrogens is 552 g/mol. The number of halogens is 1. The van der Waals surface area contributed by atoms with Gasteiger partial charge in [-0.1, -0.05) is 48.9 Å². The van der Waals surface area contributed by atoms with Gasteiger partial charge in [0, 0.05) is 31.2 Å². The number of H-pyrrole nitrogens is 1. The summed E-state index contributed by atoms with van der Waals surface area (Å²) in [5.74, 6) is -0.951. The lowest BCUT2D eigenvalue weighted by Crippen LogP contribution is -2.53. The van der Waals surface area contributed by atoms with Crippen molar-refractivity contribution in [2.75, 3.05) is 21.3 Å². The van der Waals surface area contributed by atoms with Crippen LogP contribution in [0.4, 0.5) is 0 Å². The number of aliphatic imine (C=N–C) groups is 1. The number of hydrogen-bond acceptors (Lipinski definition) is 10. The number of aliphatic hydroxyl groups is 1. The average molecular weight is 581 g/mol. The highest BCUT2D eigenvalue weighted by atomic mass is 35.5. The second kappa shape index (κ2) is 11.0. The molecule has 12 heteroatoms. The summed E-state index contributed by atoms with van der Waals surface area (Å²) in [6.07, 6.45) is -0.0856. The molecule has 5 rings (SSSR count). The molecule has 0 fully saturated rings. The van der Waals surface area contributed by atoms with Crippen molar-refractivity contribution in [2.45, 2.75) is 38.5 Å². The van der Waals surface area contributed by atoms with E-state index in [9.17, 15) is 14.7 Å². The van der Waals surface area contributed by atoms with Crippen LogP contribution in [0.1, 0.15) is 53.9 Å². The van der Waals surface area contributed by atoms with E-state index in [0.29, 0.717) is 11.6 Å². The van der Waals surface area contributed by atoms with Crippen LogP contribution in [0.25, 0.3) is 0 Å². The van der Waals surface area contributed by atoms with E-state index in [0.717, 1.165) is 5.56 Å². The first-order chi connectivity index (χ1) is 19.7. The minimum Gasteiger partial charge on any atom is -0.507 e. The summed E-state index contributed by atoms with van der Waals surface area (Å²) in [5.41, 5.74) is -1.02. The smallest absolute Gasteiger partial charge is 0.231 e. The molecular formula is C29H29ClN4O7. The number of aromatic amines is 1. The number of ether oxygens (including phenoxy) is 4. The SMILES string of the molecule is COCc1nc(C(N=C(C)C2=C(O)[C@@]3(Oc4c(Cl)c(OC)cc(OC)c4C3=O)[C@H](C)CC2=O)c2ccccc2)n[nH]1. The molecule has 3 aromatic rings. The number of rotatable bonds is 8. The van der Waals surface area contributed by atoms with Gasteiger partial charge in [0.25, 0.3) is 0 Å². The monoisotopic (exact) mass is 580 g/mol. The summed E-state index contributed by atoms with van der Waals surface area (Å²) in [4.78, 5) is 36.8. The van der Waals surface area contributed by atoms with Gasteiger partial charge < -0.3 is 24.1 Å². The number of allylic oxidation sites excluding steroid dienone is 1. The molecule has 0 saturated heterocycles. The molecule has 0 saturated carbocycles. The minimum absolute atomic E-state index is 0.0168. The molecule has 0 bridgehead atoms. The lowest BCUT2D eigenvalue weighted by molar-refractivity contribution is -0.118. The van der Waals surface area contributed by atoms with Crippen molar-refractivity contribution in [1.29, 1.82) is 0 Å². The Morgan fingerprint density at radius 1 is 1.22 bits per heavy atom. The lowest BCUT2D eigenvalue weighted by atomic mass is 9.72. The summed E-state index contributed by atoms with van der Waals surface area (Å²) in [7, 11) is 4.37. The lowest BCUT2D eigenvalue weighted by Gasteiger charge is -2.37. The number of methoxy groups -OCH3 is 3. The number of carbonyl (C=O) groups is 2. The number of nitrogens with zero attached hydrogens (tertiary/aromatic N) is 3. The molecule has 1 aliphatic heterocycles. The third kappa shape index (κ3) is 4.54. The second-order valence-corrected chi connectivity index (χ2v) is 10.2. The maximum atomic E-state index is 14.0. The zero-order chi connectivity index (χ0) is 29.5. The Labute approximate surface area is 241 Å². The van der Waals surface area contributed by atoms with Crippen molar-refractivity contribution < 1.29 is 33.6 Å². The Hall–Kier alpha value is -4.22. The van der Waals surface area contributed by atoms with Gasteiger partial charge in [0.2, 0.25) is 11.4 Å². The van der Waals surface area contributed by atoms with Crippen LogP contribution in [0.3, 0.4) is 0 Å². The maximum Gasteiger partial charge on any atom is 0.231 e. The van der Waals surface area contributed by atoms with E-state index in [1.807, 2.05) is 30.3 Å². The fraction of sp³-hybridized carbons (Fsp3) is 0.345. The first-order valence-electron chi connectivity index (χ1n) is 12.8. The summed E-state index contributed by atoms with van der Waals surface area (Å²) in [5, 5.41) is 18.9. The van der Waals surface area contributed by atoms with Crippen LogP contribution in [0, 0.1) is 5.92 Å². The molecule has 1 aliphatic carbocycles. The summed E-state index contributed by atoms with van der Waals surface area (Å²) >= 11 is 6.53. The number of benzene rings is 2. The average Bonchev–Trinajstić information content (AvgIpc) is 3.55. The van der Waals surface area contributed by atoms with Gasteiger partial charge in [0.1, 0.15) is 34.7 Å². The number of aromatic nitrogens is 3. The van der Waals surface area contributed by atoms with E-state index >= 15 is 0 Å². The summed E-state index contributed by atoms with van der Waals surface area (Å²) in [6, 6.07) is 10.0. The van der Waals surface area contributed by atoms with E-state index < -0.39 is 29.1 Å². The van der Waals surface area contributed by atoms with Gasteiger partial charge in [-0.15, -0.1) is 0 Å². The van der Waals surface area contributed by atoms with E-state index in [1.54, 1.807) is 21.0 Å². The minimum atomic E-state index is -1.91.